The van der Waals surface area contributed by atoms with Gasteiger partial charge < -0.3 is 15.2 Å². The molecule has 0 heterocycles. The highest BCUT2D eigenvalue weighted by Gasteiger charge is 2.45. The van der Waals surface area contributed by atoms with Crippen molar-refractivity contribution < 1.29 is 32.6 Å². The van der Waals surface area contributed by atoms with Crippen molar-refractivity contribution >= 4 is 27.7 Å². The highest BCUT2D eigenvalue weighted by atomic mass is 32.2. The van der Waals surface area contributed by atoms with Crippen LogP contribution < -0.4 is 5.32 Å². The van der Waals surface area contributed by atoms with E-state index in [1.54, 1.807) is 25.1 Å². The molecule has 2 N–H and O–H groups in total. The number of sulfone groups is 1. The summed E-state index contributed by atoms with van der Waals surface area (Å²) >= 11 is 0. The fourth-order valence-electron chi connectivity index (χ4n) is 5.54. The lowest BCUT2D eigenvalue weighted by atomic mass is 9.75. The molecular weight excluding hydrogens is 470 g/mol. The van der Waals surface area contributed by atoms with Crippen molar-refractivity contribution in [2.24, 2.45) is 17.3 Å². The van der Waals surface area contributed by atoms with Gasteiger partial charge in [0.15, 0.2) is 9.84 Å². The van der Waals surface area contributed by atoms with Gasteiger partial charge in [-0.3, -0.25) is 14.4 Å². The Morgan fingerprint density at radius 3 is 2.43 bits per heavy atom. The molecule has 3 unspecified atom stereocenters. The van der Waals surface area contributed by atoms with Crippen molar-refractivity contribution in [3.63, 3.8) is 0 Å². The Hall–Kier alpha value is -2.42. The van der Waals surface area contributed by atoms with Crippen molar-refractivity contribution in [2.75, 3.05) is 12.4 Å². The predicted octanol–water partition coefficient (Wildman–Crippen LogP) is 3.74. The van der Waals surface area contributed by atoms with Gasteiger partial charge in [0, 0.05) is 6.04 Å². The summed E-state index contributed by atoms with van der Waals surface area (Å²) in [4.78, 5) is 37.9. The molecule has 3 atom stereocenters. The van der Waals surface area contributed by atoms with E-state index < -0.39 is 27.1 Å². The normalized spacial score (nSPS) is 22.8. The van der Waals surface area contributed by atoms with Gasteiger partial charge in [0.25, 0.3) is 0 Å². The summed E-state index contributed by atoms with van der Waals surface area (Å²) in [6.45, 7) is 2.10. The van der Waals surface area contributed by atoms with Crippen LogP contribution in [0, 0.1) is 17.3 Å². The number of carbonyl (C=O) groups excluding carboxylic acids is 2. The fraction of sp³-hybridized carbons (Fsp3) is 0.654. The second kappa shape index (κ2) is 12.0. The van der Waals surface area contributed by atoms with E-state index in [0.717, 1.165) is 32.1 Å². The molecule has 0 radical (unpaired) electrons. The topological polar surface area (TPSA) is 127 Å². The molecule has 1 aromatic carbocycles. The third kappa shape index (κ3) is 7.06. The molecule has 8 nitrogen and oxygen atoms in total. The van der Waals surface area contributed by atoms with E-state index in [1.807, 2.05) is 0 Å². The first-order chi connectivity index (χ1) is 16.7. The van der Waals surface area contributed by atoms with Crippen molar-refractivity contribution in [3.8, 4) is 0 Å². The van der Waals surface area contributed by atoms with Crippen molar-refractivity contribution in [3.05, 3.63) is 30.3 Å². The van der Waals surface area contributed by atoms with E-state index in [-0.39, 0.29) is 47.3 Å². The minimum Gasteiger partial charge on any atom is -0.481 e. The maximum absolute atomic E-state index is 13.5. The van der Waals surface area contributed by atoms with Gasteiger partial charge in [0.05, 0.1) is 34.5 Å². The first kappa shape index (κ1) is 27.2. The van der Waals surface area contributed by atoms with Crippen LogP contribution in [0.4, 0.5) is 0 Å². The maximum atomic E-state index is 13.5. The van der Waals surface area contributed by atoms with Gasteiger partial charge in [-0.05, 0) is 64.0 Å². The molecule has 1 aromatic rings. The van der Waals surface area contributed by atoms with Crippen molar-refractivity contribution in [1.29, 1.82) is 0 Å². The second-order valence-corrected chi connectivity index (χ2v) is 12.0. The fourth-order valence-corrected chi connectivity index (χ4v) is 6.94. The number of carbonyl (C=O) groups is 3. The van der Waals surface area contributed by atoms with E-state index in [0.29, 0.717) is 25.9 Å². The number of rotatable bonds is 11. The quantitative estimate of drug-likeness (QED) is 0.437. The summed E-state index contributed by atoms with van der Waals surface area (Å²) in [5.41, 5.74) is -0.823. The maximum Gasteiger partial charge on any atom is 0.308 e. The molecule has 194 valence electrons. The summed E-state index contributed by atoms with van der Waals surface area (Å²) in [5, 5.41) is 13.0. The van der Waals surface area contributed by atoms with Gasteiger partial charge in [0.1, 0.15) is 0 Å². The molecule has 0 bridgehead atoms. The number of hydrogen-bond donors (Lipinski definition) is 2. The SMILES string of the molecule is CCOC(=O)C1CCCC(NC(=O)C2(CC(CCS(=O)(=O)c3ccccc3)C(=O)O)CCCC2)C1. The van der Waals surface area contributed by atoms with E-state index >= 15 is 0 Å². The number of carboxylic acids is 1. The van der Waals surface area contributed by atoms with Crippen LogP contribution in [0.5, 0.6) is 0 Å². The molecule has 2 aliphatic rings. The van der Waals surface area contributed by atoms with Crippen molar-refractivity contribution in [2.45, 2.75) is 82.1 Å². The predicted molar refractivity (Wildman–Crippen MR) is 130 cm³/mol. The van der Waals surface area contributed by atoms with Gasteiger partial charge in [-0.15, -0.1) is 0 Å². The standard InChI is InChI=1S/C26H37NO7S/c1-2-34-24(30)19-9-8-10-21(17-19)27-25(31)26(14-6-7-15-26)18-20(23(28)29)13-16-35(32,33)22-11-4-3-5-12-22/h3-5,11-12,19-21H,2,6-10,13-18H2,1H3,(H,27,31)(H,28,29). The number of nitrogens with one attached hydrogen (secondary N) is 1. The van der Waals surface area contributed by atoms with Crippen LogP contribution in [-0.4, -0.2) is 49.8 Å². The Morgan fingerprint density at radius 2 is 1.80 bits per heavy atom. The summed E-state index contributed by atoms with van der Waals surface area (Å²) in [6.07, 6.45) is 5.76. The molecule has 2 saturated carbocycles. The zero-order valence-electron chi connectivity index (χ0n) is 20.4. The molecular formula is C26H37NO7S. The van der Waals surface area contributed by atoms with Gasteiger partial charge in [-0.1, -0.05) is 37.5 Å². The number of benzene rings is 1. The molecule has 2 fully saturated rings. The third-order valence-corrected chi connectivity index (χ3v) is 9.26. The summed E-state index contributed by atoms with van der Waals surface area (Å²) in [7, 11) is -3.61. The average Bonchev–Trinajstić information content (AvgIpc) is 3.32. The highest BCUT2D eigenvalue weighted by Crippen LogP contribution is 2.44. The second-order valence-electron chi connectivity index (χ2n) is 9.93. The molecule has 0 spiro atoms. The van der Waals surface area contributed by atoms with E-state index in [9.17, 15) is 27.9 Å². The van der Waals surface area contributed by atoms with E-state index in [4.69, 9.17) is 4.74 Å². The average molecular weight is 508 g/mol. The number of carboxylic acid groups (broad SMARTS) is 1. The largest absolute Gasteiger partial charge is 0.481 e. The van der Waals surface area contributed by atoms with Gasteiger partial charge >= 0.3 is 11.9 Å². The number of amides is 1. The minimum absolute atomic E-state index is 0.0457. The molecule has 0 aliphatic heterocycles. The van der Waals surface area contributed by atoms with Crippen molar-refractivity contribution in [1.82, 2.24) is 5.32 Å². The number of ether oxygens (including phenoxy) is 1. The zero-order valence-corrected chi connectivity index (χ0v) is 21.2. The van der Waals surface area contributed by atoms with E-state index in [1.165, 1.54) is 12.1 Å². The monoisotopic (exact) mass is 507 g/mol. The minimum atomic E-state index is -3.61. The Balaban J connectivity index is 1.66. The van der Waals surface area contributed by atoms with Crippen LogP contribution in [0.2, 0.25) is 0 Å². The summed E-state index contributed by atoms with van der Waals surface area (Å²) in [6, 6.07) is 7.86. The Bertz CT molecular complexity index is 986. The van der Waals surface area contributed by atoms with Crippen LogP contribution in [0.3, 0.4) is 0 Å². The summed E-state index contributed by atoms with van der Waals surface area (Å²) in [5.74, 6) is -2.92. The molecule has 3 rings (SSSR count). The van der Waals surface area contributed by atoms with E-state index in [2.05, 4.69) is 5.32 Å². The van der Waals surface area contributed by atoms with Crippen LogP contribution in [0.15, 0.2) is 35.2 Å². The lowest BCUT2D eigenvalue weighted by Gasteiger charge is -2.35. The number of esters is 1. The summed E-state index contributed by atoms with van der Waals surface area (Å²) < 4.78 is 30.5. The molecule has 2 aliphatic carbocycles. The smallest absolute Gasteiger partial charge is 0.308 e. The number of hydrogen-bond acceptors (Lipinski definition) is 6. The van der Waals surface area contributed by atoms with Gasteiger partial charge in [0.2, 0.25) is 5.91 Å². The van der Waals surface area contributed by atoms with Crippen LogP contribution in [0.1, 0.15) is 71.1 Å². The molecule has 1 amide bonds. The lowest BCUT2D eigenvalue weighted by molar-refractivity contribution is -0.150. The lowest BCUT2D eigenvalue weighted by Crippen LogP contribution is -2.48. The Morgan fingerprint density at radius 1 is 1.11 bits per heavy atom. The molecule has 9 heteroatoms. The Labute approximate surface area is 207 Å². The van der Waals surface area contributed by atoms with Gasteiger partial charge in [-0.25, -0.2) is 8.42 Å². The Kier molecular flexibility index (Phi) is 9.33. The molecule has 0 aromatic heterocycles. The zero-order chi connectivity index (χ0) is 25.5. The molecule has 35 heavy (non-hydrogen) atoms. The van der Waals surface area contributed by atoms with Crippen LogP contribution in [0.25, 0.3) is 0 Å². The number of aliphatic carboxylic acids is 1. The van der Waals surface area contributed by atoms with Gasteiger partial charge in [-0.2, -0.15) is 0 Å². The van der Waals surface area contributed by atoms with Crippen LogP contribution >= 0.6 is 0 Å². The molecule has 0 saturated heterocycles. The third-order valence-electron chi connectivity index (χ3n) is 7.50. The first-order valence-corrected chi connectivity index (χ1v) is 14.3. The first-order valence-electron chi connectivity index (χ1n) is 12.6. The highest BCUT2D eigenvalue weighted by molar-refractivity contribution is 7.91. The van der Waals surface area contributed by atoms with Crippen LogP contribution in [-0.2, 0) is 29.0 Å².